The molecule has 0 spiro atoms. The maximum absolute atomic E-state index is 11.9. The molecule has 2 rings (SSSR count). The van der Waals surface area contributed by atoms with Crippen LogP contribution in [-0.4, -0.2) is 36.3 Å². The highest BCUT2D eigenvalue weighted by Gasteiger charge is 2.34. The molecule has 1 heterocycles. The van der Waals surface area contributed by atoms with Crippen LogP contribution in [0.3, 0.4) is 0 Å². The van der Waals surface area contributed by atoms with Crippen LogP contribution in [0.1, 0.15) is 25.3 Å². The molecular formula is C15H19NO3. The van der Waals surface area contributed by atoms with E-state index in [0.717, 1.165) is 11.3 Å². The molecule has 19 heavy (non-hydrogen) atoms. The van der Waals surface area contributed by atoms with E-state index in [4.69, 9.17) is 4.74 Å². The summed E-state index contributed by atoms with van der Waals surface area (Å²) in [5.74, 6) is 1.02. The molecule has 0 N–H and O–H groups in total. The molecule has 4 heteroatoms. The lowest BCUT2D eigenvalue weighted by Gasteiger charge is -2.23. The Bertz CT molecular complexity index is 467. The number of hydrogen-bond acceptors (Lipinski definition) is 3. The average Bonchev–Trinajstić information content (AvgIpc) is 2.80. The monoisotopic (exact) mass is 261 g/mol. The highest BCUT2D eigenvalue weighted by Crippen LogP contribution is 2.20. The number of amides is 1. The maximum Gasteiger partial charge on any atom is 0.222 e. The van der Waals surface area contributed by atoms with Crippen LogP contribution in [0, 0.1) is 0 Å². The summed E-state index contributed by atoms with van der Waals surface area (Å²) in [5.41, 5.74) is 1.05. The van der Waals surface area contributed by atoms with E-state index < -0.39 is 0 Å². The van der Waals surface area contributed by atoms with E-state index in [2.05, 4.69) is 0 Å². The summed E-state index contributed by atoms with van der Waals surface area (Å²) >= 11 is 0. The van der Waals surface area contributed by atoms with Gasteiger partial charge in [0.25, 0.3) is 0 Å². The van der Waals surface area contributed by atoms with Crippen molar-refractivity contribution in [3.05, 3.63) is 29.8 Å². The van der Waals surface area contributed by atoms with Crippen molar-refractivity contribution in [1.82, 2.24) is 4.90 Å². The topological polar surface area (TPSA) is 46.6 Å². The Morgan fingerprint density at radius 2 is 2.05 bits per heavy atom. The number of Topliss-reactive ketones (excluding diaryl/α,β-unsaturated/α-hetero) is 1. The van der Waals surface area contributed by atoms with Gasteiger partial charge in [-0.3, -0.25) is 9.59 Å². The Balaban J connectivity index is 2.10. The Labute approximate surface area is 113 Å². The Hall–Kier alpha value is -1.84. The van der Waals surface area contributed by atoms with Crippen molar-refractivity contribution in [1.29, 1.82) is 0 Å². The van der Waals surface area contributed by atoms with Crippen LogP contribution in [0.5, 0.6) is 5.75 Å². The molecule has 0 aliphatic carbocycles. The lowest BCUT2D eigenvalue weighted by atomic mass is 10.0. The van der Waals surface area contributed by atoms with Gasteiger partial charge in [0.2, 0.25) is 5.91 Å². The third kappa shape index (κ3) is 2.95. The molecule has 0 saturated carbocycles. The molecule has 1 aromatic carbocycles. The van der Waals surface area contributed by atoms with E-state index in [-0.39, 0.29) is 17.7 Å². The van der Waals surface area contributed by atoms with E-state index in [9.17, 15) is 9.59 Å². The van der Waals surface area contributed by atoms with Crippen LogP contribution < -0.4 is 4.74 Å². The Morgan fingerprint density at radius 1 is 1.37 bits per heavy atom. The highest BCUT2D eigenvalue weighted by molar-refractivity contribution is 5.92. The second-order valence-corrected chi connectivity index (χ2v) is 4.72. The molecule has 0 bridgehead atoms. The molecule has 0 aromatic heterocycles. The SMILES string of the molecule is CCC(=O)N1CCC(=O)C1Cc1ccc(OC)cc1. The zero-order chi connectivity index (χ0) is 13.8. The van der Waals surface area contributed by atoms with Gasteiger partial charge in [0.15, 0.2) is 5.78 Å². The number of carbonyl (C=O) groups is 2. The van der Waals surface area contributed by atoms with Crippen molar-refractivity contribution in [3.63, 3.8) is 0 Å². The van der Waals surface area contributed by atoms with Crippen LogP contribution in [-0.2, 0) is 16.0 Å². The van der Waals surface area contributed by atoms with Gasteiger partial charge in [0, 0.05) is 19.4 Å². The number of likely N-dealkylation sites (tertiary alicyclic amines) is 1. The van der Waals surface area contributed by atoms with Gasteiger partial charge in [0.1, 0.15) is 5.75 Å². The van der Waals surface area contributed by atoms with Crippen molar-refractivity contribution in [3.8, 4) is 5.75 Å². The molecule has 0 radical (unpaired) electrons. The van der Waals surface area contributed by atoms with Crippen LogP contribution in [0.4, 0.5) is 0 Å². The van der Waals surface area contributed by atoms with Gasteiger partial charge in [-0.1, -0.05) is 19.1 Å². The van der Waals surface area contributed by atoms with E-state index in [1.807, 2.05) is 31.2 Å². The molecule has 1 fully saturated rings. The molecule has 1 saturated heterocycles. The van der Waals surface area contributed by atoms with Crippen molar-refractivity contribution >= 4 is 11.7 Å². The second-order valence-electron chi connectivity index (χ2n) is 4.72. The van der Waals surface area contributed by atoms with E-state index in [1.54, 1.807) is 12.0 Å². The predicted octanol–water partition coefficient (Wildman–Crippen LogP) is 1.82. The standard InChI is InChI=1S/C15H19NO3/c1-3-15(18)16-9-8-14(17)13(16)10-11-4-6-12(19-2)7-5-11/h4-7,13H,3,8-10H2,1-2H3. The molecule has 4 nitrogen and oxygen atoms in total. The molecule has 102 valence electrons. The maximum atomic E-state index is 11.9. The Morgan fingerprint density at radius 3 is 2.63 bits per heavy atom. The number of nitrogens with zero attached hydrogens (tertiary/aromatic N) is 1. The fourth-order valence-electron chi connectivity index (χ4n) is 2.44. The molecule has 1 aliphatic rings. The number of rotatable bonds is 4. The molecular weight excluding hydrogens is 242 g/mol. The van der Waals surface area contributed by atoms with Gasteiger partial charge in [-0.05, 0) is 24.1 Å². The first-order chi connectivity index (χ1) is 9.15. The molecule has 1 unspecified atom stereocenters. The third-order valence-corrected chi connectivity index (χ3v) is 3.56. The fourth-order valence-corrected chi connectivity index (χ4v) is 2.44. The first kappa shape index (κ1) is 13.6. The van der Waals surface area contributed by atoms with E-state index in [0.29, 0.717) is 25.8 Å². The molecule has 1 aromatic rings. The summed E-state index contributed by atoms with van der Waals surface area (Å²) in [6.07, 6.45) is 1.52. The summed E-state index contributed by atoms with van der Waals surface area (Å²) in [7, 11) is 1.62. The molecule has 1 aliphatic heterocycles. The summed E-state index contributed by atoms with van der Waals surface area (Å²) in [4.78, 5) is 25.4. The van der Waals surface area contributed by atoms with Crippen molar-refractivity contribution < 1.29 is 14.3 Å². The number of ether oxygens (including phenoxy) is 1. The first-order valence-electron chi connectivity index (χ1n) is 6.60. The largest absolute Gasteiger partial charge is 0.497 e. The number of methoxy groups -OCH3 is 1. The van der Waals surface area contributed by atoms with Crippen molar-refractivity contribution in [2.24, 2.45) is 0 Å². The number of benzene rings is 1. The first-order valence-corrected chi connectivity index (χ1v) is 6.60. The van der Waals surface area contributed by atoms with E-state index in [1.165, 1.54) is 0 Å². The van der Waals surface area contributed by atoms with Crippen LogP contribution in [0.15, 0.2) is 24.3 Å². The van der Waals surface area contributed by atoms with E-state index >= 15 is 0 Å². The number of ketones is 1. The van der Waals surface area contributed by atoms with Crippen LogP contribution in [0.2, 0.25) is 0 Å². The molecule has 1 amide bonds. The fraction of sp³-hybridized carbons (Fsp3) is 0.467. The second kappa shape index (κ2) is 5.87. The summed E-state index contributed by atoms with van der Waals surface area (Å²) in [5, 5.41) is 0. The summed E-state index contributed by atoms with van der Waals surface area (Å²) in [6.45, 7) is 2.39. The smallest absolute Gasteiger partial charge is 0.222 e. The van der Waals surface area contributed by atoms with Gasteiger partial charge >= 0.3 is 0 Å². The minimum Gasteiger partial charge on any atom is -0.497 e. The molecule has 1 atom stereocenters. The van der Waals surface area contributed by atoms with Gasteiger partial charge in [-0.25, -0.2) is 0 Å². The van der Waals surface area contributed by atoms with Crippen molar-refractivity contribution in [2.75, 3.05) is 13.7 Å². The number of hydrogen-bond donors (Lipinski definition) is 0. The zero-order valence-electron chi connectivity index (χ0n) is 11.4. The third-order valence-electron chi connectivity index (χ3n) is 3.56. The van der Waals surface area contributed by atoms with Gasteiger partial charge in [-0.2, -0.15) is 0 Å². The lowest BCUT2D eigenvalue weighted by Crippen LogP contribution is -2.39. The number of carbonyl (C=O) groups excluding carboxylic acids is 2. The summed E-state index contributed by atoms with van der Waals surface area (Å²) < 4.78 is 5.11. The normalized spacial score (nSPS) is 18.7. The zero-order valence-corrected chi connectivity index (χ0v) is 11.4. The lowest BCUT2D eigenvalue weighted by molar-refractivity contribution is -0.134. The quantitative estimate of drug-likeness (QED) is 0.830. The highest BCUT2D eigenvalue weighted by atomic mass is 16.5. The minimum absolute atomic E-state index is 0.0596. The van der Waals surface area contributed by atoms with Crippen LogP contribution >= 0.6 is 0 Å². The van der Waals surface area contributed by atoms with Gasteiger partial charge < -0.3 is 9.64 Å². The Kier molecular flexibility index (Phi) is 4.20. The predicted molar refractivity (Wildman–Crippen MR) is 72.1 cm³/mol. The van der Waals surface area contributed by atoms with Crippen molar-refractivity contribution in [2.45, 2.75) is 32.2 Å². The average molecular weight is 261 g/mol. The minimum atomic E-state index is -0.291. The summed E-state index contributed by atoms with van der Waals surface area (Å²) in [6, 6.07) is 7.35. The van der Waals surface area contributed by atoms with Crippen LogP contribution in [0.25, 0.3) is 0 Å². The van der Waals surface area contributed by atoms with Gasteiger partial charge in [-0.15, -0.1) is 0 Å². The van der Waals surface area contributed by atoms with Gasteiger partial charge in [0.05, 0.1) is 13.2 Å².